The van der Waals surface area contributed by atoms with Gasteiger partial charge in [0.2, 0.25) is 0 Å². The van der Waals surface area contributed by atoms with Crippen molar-refractivity contribution in [3.8, 4) is 17.2 Å². The average molecular weight is 533 g/mol. The largest absolute Gasteiger partial charge is 0.497 e. The maximum Gasteiger partial charge on any atom is 0.264 e. The van der Waals surface area contributed by atoms with Crippen LogP contribution < -0.4 is 23.8 Å². The van der Waals surface area contributed by atoms with E-state index >= 15 is 0 Å². The second-order valence-electron chi connectivity index (χ2n) is 8.94. The molecule has 4 aromatic carbocycles. The predicted octanol–water partition coefficient (Wildman–Crippen LogP) is 4.31. The number of ether oxygens (including phenoxy) is 3. The highest BCUT2D eigenvalue weighted by molar-refractivity contribution is 7.92. The molecular weight excluding hydrogens is 504 g/mol. The molecule has 5 rings (SSSR count). The van der Waals surface area contributed by atoms with Crippen LogP contribution in [0, 0.1) is 6.92 Å². The first-order valence-electron chi connectivity index (χ1n) is 12.2. The van der Waals surface area contributed by atoms with Crippen LogP contribution in [0.15, 0.2) is 89.8 Å². The van der Waals surface area contributed by atoms with Gasteiger partial charge in [-0.15, -0.1) is 0 Å². The molecule has 0 saturated heterocycles. The smallest absolute Gasteiger partial charge is 0.264 e. The normalized spacial score (nSPS) is 14.9. The Kier molecular flexibility index (Phi) is 7.11. The molecule has 1 N–H and O–H groups in total. The Labute approximate surface area is 221 Å². The van der Waals surface area contributed by atoms with Gasteiger partial charge in [-0.25, -0.2) is 8.42 Å². The minimum Gasteiger partial charge on any atom is -0.497 e. The van der Waals surface area contributed by atoms with Crippen LogP contribution in [0.2, 0.25) is 0 Å². The quantitative estimate of drug-likeness (QED) is 0.340. The number of hydrogen-bond donors (Lipinski definition) is 1. The maximum atomic E-state index is 13.6. The number of amides is 1. The zero-order chi connectivity index (χ0) is 26.7. The average Bonchev–Trinajstić information content (AvgIpc) is 2.94. The molecule has 196 valence electrons. The summed E-state index contributed by atoms with van der Waals surface area (Å²) in [6, 6.07) is 25.2. The zero-order valence-corrected chi connectivity index (χ0v) is 21.9. The minimum atomic E-state index is -3.97. The van der Waals surface area contributed by atoms with Crippen LogP contribution in [0.3, 0.4) is 0 Å². The standard InChI is InChI=1S/C29H28N2O6S/c1-20-7-14-26-27(17-20)37-28(19-31(26)38(33,34)25-12-10-23(35-2)11-13-25)29(32)30-15-16-36-24-9-8-21-5-3-4-6-22(21)18-24/h3-14,17-18,28H,15-16,19H2,1-2H3,(H,30,32)/t28-/m0/s1. The van der Waals surface area contributed by atoms with Crippen molar-refractivity contribution >= 4 is 32.4 Å². The molecule has 0 fully saturated rings. The summed E-state index contributed by atoms with van der Waals surface area (Å²) in [6.07, 6.45) is -1.03. The number of aryl methyl sites for hydroxylation is 1. The van der Waals surface area contributed by atoms with Crippen LogP contribution in [0.25, 0.3) is 10.8 Å². The summed E-state index contributed by atoms with van der Waals surface area (Å²) in [5.74, 6) is 1.16. The SMILES string of the molecule is COc1ccc(S(=O)(=O)N2C[C@@H](C(=O)NCCOc3ccc4ccccc4c3)Oc3cc(C)ccc32)cc1. The maximum absolute atomic E-state index is 13.6. The third-order valence-corrected chi connectivity index (χ3v) is 8.11. The van der Waals surface area contributed by atoms with E-state index in [0.29, 0.717) is 22.9 Å². The van der Waals surface area contributed by atoms with E-state index in [-0.39, 0.29) is 24.6 Å². The van der Waals surface area contributed by atoms with E-state index in [0.717, 1.165) is 16.3 Å². The van der Waals surface area contributed by atoms with Gasteiger partial charge in [0, 0.05) is 0 Å². The number of carbonyl (C=O) groups is 1. The molecule has 8 nitrogen and oxygen atoms in total. The number of hydrogen-bond acceptors (Lipinski definition) is 6. The van der Waals surface area contributed by atoms with Crippen molar-refractivity contribution < 1.29 is 27.4 Å². The van der Waals surface area contributed by atoms with Crippen LogP contribution in [0.4, 0.5) is 5.69 Å². The lowest BCUT2D eigenvalue weighted by Gasteiger charge is -2.35. The molecule has 0 bridgehead atoms. The third kappa shape index (κ3) is 5.24. The van der Waals surface area contributed by atoms with E-state index in [1.807, 2.05) is 55.5 Å². The van der Waals surface area contributed by atoms with E-state index in [2.05, 4.69) is 5.32 Å². The van der Waals surface area contributed by atoms with Crippen molar-refractivity contribution in [3.05, 3.63) is 90.5 Å². The molecule has 0 aliphatic carbocycles. The fourth-order valence-corrected chi connectivity index (χ4v) is 5.79. The summed E-state index contributed by atoms with van der Waals surface area (Å²) in [4.78, 5) is 13.1. The molecule has 4 aromatic rings. The van der Waals surface area contributed by atoms with E-state index in [9.17, 15) is 13.2 Å². The van der Waals surface area contributed by atoms with Crippen molar-refractivity contribution in [2.75, 3.05) is 31.1 Å². The molecule has 0 saturated carbocycles. The highest BCUT2D eigenvalue weighted by Gasteiger charge is 2.37. The summed E-state index contributed by atoms with van der Waals surface area (Å²) in [5, 5.41) is 4.99. The molecule has 9 heteroatoms. The van der Waals surface area contributed by atoms with Gasteiger partial charge in [-0.05, 0) is 71.8 Å². The number of sulfonamides is 1. The van der Waals surface area contributed by atoms with Crippen molar-refractivity contribution in [1.29, 1.82) is 0 Å². The van der Waals surface area contributed by atoms with Gasteiger partial charge in [0.25, 0.3) is 15.9 Å². The number of anilines is 1. The zero-order valence-electron chi connectivity index (χ0n) is 21.1. The Hall–Kier alpha value is -4.24. The van der Waals surface area contributed by atoms with E-state index in [1.54, 1.807) is 24.3 Å². The van der Waals surface area contributed by atoms with Crippen molar-refractivity contribution in [3.63, 3.8) is 0 Å². The highest BCUT2D eigenvalue weighted by Crippen LogP contribution is 2.38. The number of fused-ring (bicyclic) bond motifs is 2. The number of benzene rings is 4. The highest BCUT2D eigenvalue weighted by atomic mass is 32.2. The molecule has 1 aliphatic heterocycles. The Morgan fingerprint density at radius 3 is 2.47 bits per heavy atom. The van der Waals surface area contributed by atoms with Gasteiger partial charge in [0.15, 0.2) is 6.10 Å². The molecule has 38 heavy (non-hydrogen) atoms. The van der Waals surface area contributed by atoms with Crippen LogP contribution in [-0.2, 0) is 14.8 Å². The Morgan fingerprint density at radius 1 is 0.974 bits per heavy atom. The number of rotatable bonds is 8. The van der Waals surface area contributed by atoms with Gasteiger partial charge in [-0.2, -0.15) is 0 Å². The fraction of sp³-hybridized carbons (Fsp3) is 0.207. The Balaban J connectivity index is 1.28. The molecule has 0 aromatic heterocycles. The first kappa shape index (κ1) is 25.4. The summed E-state index contributed by atoms with van der Waals surface area (Å²) >= 11 is 0. The lowest BCUT2D eigenvalue weighted by atomic mass is 10.1. The van der Waals surface area contributed by atoms with Gasteiger partial charge in [-0.1, -0.05) is 36.4 Å². The summed E-state index contributed by atoms with van der Waals surface area (Å²) in [5.41, 5.74) is 1.27. The minimum absolute atomic E-state index is 0.0923. The second kappa shape index (κ2) is 10.6. The lowest BCUT2D eigenvalue weighted by Crippen LogP contribution is -2.51. The monoisotopic (exact) mass is 532 g/mol. The number of nitrogens with one attached hydrogen (secondary N) is 1. The number of carbonyl (C=O) groups excluding carboxylic acids is 1. The van der Waals surface area contributed by atoms with E-state index < -0.39 is 22.0 Å². The molecule has 1 amide bonds. The summed E-state index contributed by atoms with van der Waals surface area (Å²) in [6.45, 7) is 2.19. The number of methoxy groups -OCH3 is 1. The van der Waals surface area contributed by atoms with Crippen LogP contribution in [-0.4, -0.2) is 47.2 Å². The second-order valence-corrected chi connectivity index (χ2v) is 10.8. The van der Waals surface area contributed by atoms with Crippen LogP contribution >= 0.6 is 0 Å². The predicted molar refractivity (Wildman–Crippen MR) is 146 cm³/mol. The Bertz CT molecular complexity index is 1570. The topological polar surface area (TPSA) is 94.2 Å². The van der Waals surface area contributed by atoms with Crippen LogP contribution in [0.5, 0.6) is 17.2 Å². The Morgan fingerprint density at radius 2 is 1.71 bits per heavy atom. The first-order valence-corrected chi connectivity index (χ1v) is 13.6. The summed E-state index contributed by atoms with van der Waals surface area (Å²) < 4.78 is 45.3. The van der Waals surface area contributed by atoms with Gasteiger partial charge < -0.3 is 19.5 Å². The van der Waals surface area contributed by atoms with Gasteiger partial charge in [0.1, 0.15) is 23.9 Å². The van der Waals surface area contributed by atoms with Crippen LogP contribution in [0.1, 0.15) is 5.56 Å². The van der Waals surface area contributed by atoms with E-state index in [1.165, 1.54) is 23.5 Å². The van der Waals surface area contributed by atoms with Crippen molar-refractivity contribution in [2.24, 2.45) is 0 Å². The van der Waals surface area contributed by atoms with E-state index in [4.69, 9.17) is 14.2 Å². The van der Waals surface area contributed by atoms with Crippen molar-refractivity contribution in [2.45, 2.75) is 17.9 Å². The molecule has 0 spiro atoms. The van der Waals surface area contributed by atoms with Gasteiger partial charge in [0.05, 0.1) is 30.8 Å². The lowest BCUT2D eigenvalue weighted by molar-refractivity contribution is -0.127. The summed E-state index contributed by atoms with van der Waals surface area (Å²) in [7, 11) is -2.45. The van der Waals surface area contributed by atoms with Gasteiger partial charge >= 0.3 is 0 Å². The number of nitrogens with zero attached hydrogens (tertiary/aromatic N) is 1. The molecule has 0 unspecified atom stereocenters. The molecule has 1 aliphatic rings. The molecule has 1 heterocycles. The molecule has 1 atom stereocenters. The van der Waals surface area contributed by atoms with Crippen molar-refractivity contribution in [1.82, 2.24) is 5.32 Å². The molecular formula is C29H28N2O6S. The first-order chi connectivity index (χ1) is 18.3. The molecule has 0 radical (unpaired) electrons. The van der Waals surface area contributed by atoms with Gasteiger partial charge in [-0.3, -0.25) is 9.10 Å². The fourth-order valence-electron chi connectivity index (χ4n) is 4.31. The third-order valence-electron chi connectivity index (χ3n) is 6.32.